The van der Waals surface area contributed by atoms with Crippen LogP contribution in [0.4, 0.5) is 10.8 Å². The van der Waals surface area contributed by atoms with Gasteiger partial charge in [-0.2, -0.15) is 0 Å². The van der Waals surface area contributed by atoms with Crippen molar-refractivity contribution in [2.24, 2.45) is 5.92 Å². The van der Waals surface area contributed by atoms with Crippen LogP contribution in [0.5, 0.6) is 0 Å². The molecule has 1 fully saturated rings. The number of aromatic nitrogens is 1. The maximum Gasteiger partial charge on any atom is 0.236 e. The third-order valence-corrected chi connectivity index (χ3v) is 6.08. The summed E-state index contributed by atoms with van der Waals surface area (Å²) < 4.78 is 1.12. The first-order valence-corrected chi connectivity index (χ1v) is 9.72. The highest BCUT2D eigenvalue weighted by Crippen LogP contribution is 2.39. The number of anilines is 2. The quantitative estimate of drug-likeness (QED) is 0.601. The summed E-state index contributed by atoms with van der Waals surface area (Å²) in [6.07, 6.45) is 4.28. The summed E-state index contributed by atoms with van der Waals surface area (Å²) in [6.45, 7) is 4.15. The van der Waals surface area contributed by atoms with Gasteiger partial charge in [0.25, 0.3) is 0 Å². The van der Waals surface area contributed by atoms with Gasteiger partial charge in [0, 0.05) is 5.92 Å². The second-order valence-corrected chi connectivity index (χ2v) is 7.87. The summed E-state index contributed by atoms with van der Waals surface area (Å²) >= 11 is 1.60. The zero-order chi connectivity index (χ0) is 17.4. The molecule has 0 atom stereocenters. The molecule has 3 nitrogen and oxygen atoms in total. The largest absolute Gasteiger partial charge is 0.274 e. The molecule has 1 heterocycles. The minimum atomic E-state index is 0.117. The lowest BCUT2D eigenvalue weighted by molar-refractivity contribution is -0.121. The number of benzene rings is 2. The van der Waals surface area contributed by atoms with E-state index in [1.807, 2.05) is 29.2 Å². The van der Waals surface area contributed by atoms with Crippen LogP contribution in [0.15, 0.2) is 42.5 Å². The number of carbonyl (C=O) groups excluding carboxylic acids is 1. The van der Waals surface area contributed by atoms with Crippen molar-refractivity contribution in [3.05, 3.63) is 53.6 Å². The van der Waals surface area contributed by atoms with Gasteiger partial charge in [-0.25, -0.2) is 4.98 Å². The third kappa shape index (κ3) is 2.95. The maximum absolute atomic E-state index is 13.4. The van der Waals surface area contributed by atoms with E-state index in [1.54, 1.807) is 11.3 Å². The van der Waals surface area contributed by atoms with Crippen molar-refractivity contribution >= 4 is 38.3 Å². The van der Waals surface area contributed by atoms with Gasteiger partial charge >= 0.3 is 0 Å². The zero-order valence-corrected chi connectivity index (χ0v) is 15.5. The molecular weight excluding hydrogens is 328 g/mol. The average Bonchev–Trinajstić information content (AvgIpc) is 3.26. The molecule has 0 N–H and O–H groups in total. The van der Waals surface area contributed by atoms with Crippen molar-refractivity contribution in [3.63, 3.8) is 0 Å². The predicted molar refractivity (Wildman–Crippen MR) is 105 cm³/mol. The monoisotopic (exact) mass is 350 g/mol. The van der Waals surface area contributed by atoms with Gasteiger partial charge in [0.2, 0.25) is 5.91 Å². The molecule has 1 amide bonds. The van der Waals surface area contributed by atoms with E-state index in [9.17, 15) is 4.79 Å². The van der Waals surface area contributed by atoms with Crippen LogP contribution < -0.4 is 4.90 Å². The molecule has 0 saturated heterocycles. The van der Waals surface area contributed by atoms with Crippen LogP contribution in [-0.4, -0.2) is 10.9 Å². The Morgan fingerprint density at radius 2 is 1.72 bits per heavy atom. The highest BCUT2D eigenvalue weighted by Gasteiger charge is 2.32. The molecule has 1 aromatic heterocycles. The molecule has 128 valence electrons. The third-order valence-electron chi connectivity index (χ3n) is 5.06. The van der Waals surface area contributed by atoms with Gasteiger partial charge in [-0.3, -0.25) is 9.69 Å². The summed E-state index contributed by atoms with van der Waals surface area (Å²) in [4.78, 5) is 20.1. The predicted octanol–water partition coefficient (Wildman–Crippen LogP) is 5.77. The standard InChI is InChI=1S/C21H22N2OS/c1-14-8-7-9-15(2)19(14)23(20(24)16-10-3-4-11-16)21-22-17-12-5-6-13-18(17)25-21/h5-9,12-13,16H,3-4,10-11H2,1-2H3. The van der Waals surface area contributed by atoms with Crippen LogP contribution in [0.25, 0.3) is 10.2 Å². The molecule has 0 spiro atoms. The van der Waals surface area contributed by atoms with Crippen LogP contribution in [0, 0.1) is 19.8 Å². The van der Waals surface area contributed by atoms with Crippen molar-refractivity contribution in [2.75, 3.05) is 4.90 Å². The molecule has 1 aliphatic carbocycles. The molecule has 25 heavy (non-hydrogen) atoms. The second kappa shape index (κ2) is 6.60. The fourth-order valence-electron chi connectivity index (χ4n) is 3.77. The lowest BCUT2D eigenvalue weighted by Crippen LogP contribution is -2.32. The van der Waals surface area contributed by atoms with Crippen molar-refractivity contribution in [3.8, 4) is 0 Å². The first-order valence-electron chi connectivity index (χ1n) is 8.91. The van der Waals surface area contributed by atoms with Crippen LogP contribution >= 0.6 is 11.3 Å². The highest BCUT2D eigenvalue weighted by molar-refractivity contribution is 7.22. The van der Waals surface area contributed by atoms with Gasteiger partial charge in [-0.1, -0.05) is 54.5 Å². The number of fused-ring (bicyclic) bond motifs is 1. The van der Waals surface area contributed by atoms with Gasteiger partial charge in [-0.15, -0.1) is 0 Å². The lowest BCUT2D eigenvalue weighted by atomic mass is 10.0. The van der Waals surface area contributed by atoms with Crippen LogP contribution in [0.3, 0.4) is 0 Å². The minimum Gasteiger partial charge on any atom is -0.274 e. The summed E-state index contributed by atoms with van der Waals surface area (Å²) in [5, 5.41) is 0.788. The SMILES string of the molecule is Cc1cccc(C)c1N(C(=O)C1CCCC1)c1nc2ccccc2s1. The second-order valence-electron chi connectivity index (χ2n) is 6.86. The topological polar surface area (TPSA) is 33.2 Å². The van der Waals surface area contributed by atoms with Crippen LogP contribution in [0.2, 0.25) is 0 Å². The van der Waals surface area contributed by atoms with E-state index in [-0.39, 0.29) is 11.8 Å². The molecule has 1 aliphatic rings. The average molecular weight is 350 g/mol. The first-order chi connectivity index (χ1) is 12.1. The number of amides is 1. The van der Waals surface area contributed by atoms with Gasteiger partial charge in [0.1, 0.15) is 0 Å². The minimum absolute atomic E-state index is 0.117. The number of hydrogen-bond acceptors (Lipinski definition) is 3. The molecular formula is C21H22N2OS. The number of para-hydroxylation sites is 2. The van der Waals surface area contributed by atoms with Gasteiger partial charge in [-0.05, 0) is 49.9 Å². The van der Waals surface area contributed by atoms with E-state index >= 15 is 0 Å². The molecule has 2 aromatic carbocycles. The van der Waals surface area contributed by atoms with Crippen molar-refractivity contribution in [2.45, 2.75) is 39.5 Å². The van der Waals surface area contributed by atoms with E-state index in [4.69, 9.17) is 4.98 Å². The van der Waals surface area contributed by atoms with E-state index in [0.717, 1.165) is 57.8 Å². The number of nitrogens with zero attached hydrogens (tertiary/aromatic N) is 2. The number of thiazole rings is 1. The molecule has 4 rings (SSSR count). The van der Waals surface area contributed by atoms with Crippen molar-refractivity contribution < 1.29 is 4.79 Å². The van der Waals surface area contributed by atoms with Gasteiger partial charge in [0.05, 0.1) is 15.9 Å². The summed E-state index contributed by atoms with van der Waals surface area (Å²) in [5.74, 6) is 0.319. The molecule has 0 unspecified atom stereocenters. The molecule has 3 aromatic rings. The Kier molecular flexibility index (Phi) is 4.30. The first kappa shape index (κ1) is 16.3. The van der Waals surface area contributed by atoms with Crippen molar-refractivity contribution in [1.82, 2.24) is 4.98 Å². The van der Waals surface area contributed by atoms with Gasteiger partial charge in [0.15, 0.2) is 5.13 Å². The maximum atomic E-state index is 13.4. The molecule has 0 aliphatic heterocycles. The van der Waals surface area contributed by atoms with Crippen LogP contribution in [-0.2, 0) is 4.79 Å². The lowest BCUT2D eigenvalue weighted by Gasteiger charge is -2.26. The Morgan fingerprint density at radius 3 is 2.40 bits per heavy atom. The Balaban J connectivity index is 1.87. The fraction of sp³-hybridized carbons (Fsp3) is 0.333. The van der Waals surface area contributed by atoms with Gasteiger partial charge < -0.3 is 0 Å². The Labute approximate surface area is 152 Å². The summed E-state index contributed by atoms with van der Waals surface area (Å²) in [5.41, 5.74) is 4.19. The smallest absolute Gasteiger partial charge is 0.236 e. The Morgan fingerprint density at radius 1 is 1.04 bits per heavy atom. The molecule has 4 heteroatoms. The van der Waals surface area contributed by atoms with E-state index in [2.05, 4.69) is 32.0 Å². The summed E-state index contributed by atoms with van der Waals surface area (Å²) in [7, 11) is 0. The zero-order valence-electron chi connectivity index (χ0n) is 14.7. The fourth-order valence-corrected chi connectivity index (χ4v) is 4.75. The Hall–Kier alpha value is -2.20. The Bertz CT molecular complexity index is 871. The van der Waals surface area contributed by atoms with Crippen LogP contribution in [0.1, 0.15) is 36.8 Å². The van der Waals surface area contributed by atoms with Crippen molar-refractivity contribution in [1.29, 1.82) is 0 Å². The number of hydrogen-bond donors (Lipinski definition) is 0. The van der Waals surface area contributed by atoms with E-state index in [0.29, 0.717) is 0 Å². The number of rotatable bonds is 3. The molecule has 1 saturated carbocycles. The summed E-state index contributed by atoms with van der Waals surface area (Å²) in [6, 6.07) is 14.3. The van der Waals surface area contributed by atoms with E-state index < -0.39 is 0 Å². The van der Waals surface area contributed by atoms with E-state index in [1.165, 1.54) is 0 Å². The normalized spacial score (nSPS) is 15.0. The number of aryl methyl sites for hydroxylation is 2. The number of carbonyl (C=O) groups is 1. The molecule has 0 radical (unpaired) electrons. The highest BCUT2D eigenvalue weighted by atomic mass is 32.1. The molecule has 0 bridgehead atoms.